The van der Waals surface area contributed by atoms with Crippen LogP contribution in [0.25, 0.3) is 0 Å². The molecule has 0 unspecified atom stereocenters. The summed E-state index contributed by atoms with van der Waals surface area (Å²) in [5, 5.41) is 16.4. The van der Waals surface area contributed by atoms with Crippen LogP contribution in [0.15, 0.2) is 46.9 Å². The Bertz CT molecular complexity index is 597. The van der Waals surface area contributed by atoms with Gasteiger partial charge < -0.3 is 15.6 Å². The summed E-state index contributed by atoms with van der Waals surface area (Å²) in [6.07, 6.45) is 0. The molecule has 0 aliphatic rings. The summed E-state index contributed by atoms with van der Waals surface area (Å²) in [5.41, 5.74) is 6.90. The lowest BCUT2D eigenvalue weighted by Gasteiger charge is -2.08. The number of nitrogens with one attached hydrogen (secondary N) is 1. The molecule has 0 amide bonds. The van der Waals surface area contributed by atoms with Crippen molar-refractivity contribution in [1.29, 1.82) is 5.41 Å². The van der Waals surface area contributed by atoms with Gasteiger partial charge in [0.05, 0.1) is 6.61 Å². The van der Waals surface area contributed by atoms with E-state index < -0.39 is 0 Å². The average molecular weight is 321 g/mol. The molecule has 0 aromatic heterocycles. The molecule has 4 N–H and O–H groups in total. The first-order valence-corrected chi connectivity index (χ1v) is 6.41. The van der Waals surface area contributed by atoms with Gasteiger partial charge in [-0.3, -0.25) is 5.41 Å². The zero-order valence-electron chi connectivity index (χ0n) is 10.1. The van der Waals surface area contributed by atoms with Crippen LogP contribution < -0.4 is 10.5 Å². The lowest BCUT2D eigenvalue weighted by molar-refractivity contribution is 0.281. The summed E-state index contributed by atoms with van der Waals surface area (Å²) < 4.78 is 6.38. The maximum Gasteiger partial charge on any atom is 0.128 e. The first-order chi connectivity index (χ1) is 9.10. The number of ether oxygens (including phenoxy) is 1. The maximum atomic E-state index is 8.96. The van der Waals surface area contributed by atoms with Gasteiger partial charge in [0.25, 0.3) is 0 Å². The van der Waals surface area contributed by atoms with E-state index in [9.17, 15) is 0 Å². The Hall–Kier alpha value is -1.85. The van der Waals surface area contributed by atoms with Gasteiger partial charge in [-0.25, -0.2) is 0 Å². The van der Waals surface area contributed by atoms with Crippen molar-refractivity contribution in [3.05, 3.63) is 58.1 Å². The Morgan fingerprint density at radius 1 is 1.16 bits per heavy atom. The molecule has 0 saturated carbocycles. The number of hydrogen-bond acceptors (Lipinski definition) is 3. The third kappa shape index (κ3) is 3.33. The highest BCUT2D eigenvalue weighted by molar-refractivity contribution is 9.10. The minimum absolute atomic E-state index is 0.00530. The predicted octanol–water partition coefficient (Wildman–Crippen LogP) is 3.02. The molecule has 19 heavy (non-hydrogen) atoms. The van der Waals surface area contributed by atoms with Gasteiger partial charge >= 0.3 is 0 Å². The number of aliphatic hydroxyl groups excluding tert-OH is 1. The van der Waals surface area contributed by atoms with E-state index in [1.165, 1.54) is 0 Å². The molecule has 0 heterocycles. The molecule has 2 aromatic carbocycles. The molecular formula is C14H13BrN2O2. The van der Waals surface area contributed by atoms with Gasteiger partial charge in [0.15, 0.2) is 0 Å². The summed E-state index contributed by atoms with van der Waals surface area (Å²) in [7, 11) is 0. The average Bonchev–Trinajstić information content (AvgIpc) is 2.39. The first-order valence-electron chi connectivity index (χ1n) is 5.62. The Morgan fingerprint density at radius 2 is 1.79 bits per heavy atom. The molecule has 0 radical (unpaired) electrons. The molecule has 0 spiro atoms. The monoisotopic (exact) mass is 320 g/mol. The van der Waals surface area contributed by atoms with Crippen molar-refractivity contribution in [1.82, 2.24) is 0 Å². The quantitative estimate of drug-likeness (QED) is 0.598. The van der Waals surface area contributed by atoms with Gasteiger partial charge in [-0.1, -0.05) is 12.1 Å². The highest BCUT2D eigenvalue weighted by Crippen LogP contribution is 2.27. The molecule has 0 aliphatic carbocycles. The zero-order valence-corrected chi connectivity index (χ0v) is 11.6. The van der Waals surface area contributed by atoms with E-state index in [2.05, 4.69) is 15.9 Å². The van der Waals surface area contributed by atoms with Crippen molar-refractivity contribution in [3.63, 3.8) is 0 Å². The van der Waals surface area contributed by atoms with Crippen molar-refractivity contribution in [2.24, 2.45) is 5.73 Å². The van der Waals surface area contributed by atoms with E-state index in [0.717, 1.165) is 5.56 Å². The van der Waals surface area contributed by atoms with Crippen LogP contribution >= 0.6 is 15.9 Å². The number of rotatable bonds is 4. The molecule has 5 heteroatoms. The highest BCUT2D eigenvalue weighted by atomic mass is 79.9. The van der Waals surface area contributed by atoms with Gasteiger partial charge in [0, 0.05) is 10.0 Å². The topological polar surface area (TPSA) is 79.3 Å². The van der Waals surface area contributed by atoms with E-state index >= 15 is 0 Å². The number of nitrogen functional groups attached to an aromatic ring is 1. The Morgan fingerprint density at radius 3 is 2.32 bits per heavy atom. The first kappa shape index (κ1) is 13.6. The van der Waals surface area contributed by atoms with Gasteiger partial charge in [-0.15, -0.1) is 0 Å². The Balaban J connectivity index is 2.18. The minimum atomic E-state index is 0.00530. The second-order valence-electron chi connectivity index (χ2n) is 3.96. The van der Waals surface area contributed by atoms with Crippen LogP contribution in [0.4, 0.5) is 0 Å². The number of nitrogens with two attached hydrogens (primary N) is 1. The fourth-order valence-corrected chi connectivity index (χ4v) is 2.15. The van der Waals surface area contributed by atoms with Crippen molar-refractivity contribution >= 4 is 21.8 Å². The zero-order chi connectivity index (χ0) is 13.8. The van der Waals surface area contributed by atoms with Gasteiger partial charge in [-0.05, 0) is 51.8 Å². The fraction of sp³-hybridized carbons (Fsp3) is 0.0714. The van der Waals surface area contributed by atoms with Crippen molar-refractivity contribution in [2.75, 3.05) is 0 Å². The molecule has 0 saturated heterocycles. The summed E-state index contributed by atoms with van der Waals surface area (Å²) in [6.45, 7) is 0.0130. The summed E-state index contributed by atoms with van der Waals surface area (Å²) in [4.78, 5) is 0. The second-order valence-corrected chi connectivity index (χ2v) is 4.81. The van der Waals surface area contributed by atoms with Gasteiger partial charge in [0.2, 0.25) is 0 Å². The number of amidine groups is 1. The molecule has 0 aliphatic heterocycles. The van der Waals surface area contributed by atoms with Crippen LogP contribution in [0.3, 0.4) is 0 Å². The number of aliphatic hydroxyl groups is 1. The molecular weight excluding hydrogens is 308 g/mol. The molecule has 2 rings (SSSR count). The van der Waals surface area contributed by atoms with Crippen LogP contribution in [0.5, 0.6) is 11.5 Å². The minimum Gasteiger partial charge on any atom is -0.457 e. The third-order valence-corrected chi connectivity index (χ3v) is 3.23. The smallest absolute Gasteiger partial charge is 0.128 e. The normalized spacial score (nSPS) is 10.2. The molecule has 0 bridgehead atoms. The van der Waals surface area contributed by atoms with Crippen LogP contribution in [-0.2, 0) is 6.61 Å². The molecule has 4 nitrogen and oxygen atoms in total. The summed E-state index contributed by atoms with van der Waals surface area (Å²) >= 11 is 3.35. The van der Waals surface area contributed by atoms with Crippen LogP contribution in [0.2, 0.25) is 0 Å². The SMILES string of the molecule is N=C(N)c1ccc(Oc2ccc(CO)cc2)cc1Br. The Labute approximate surface area is 119 Å². The third-order valence-electron chi connectivity index (χ3n) is 2.57. The van der Waals surface area contributed by atoms with Crippen LogP contribution in [0, 0.1) is 5.41 Å². The largest absolute Gasteiger partial charge is 0.457 e. The van der Waals surface area contributed by atoms with Crippen LogP contribution in [-0.4, -0.2) is 10.9 Å². The molecule has 2 aromatic rings. The van der Waals surface area contributed by atoms with E-state index in [-0.39, 0.29) is 12.4 Å². The van der Waals surface area contributed by atoms with E-state index in [0.29, 0.717) is 21.5 Å². The molecule has 0 fully saturated rings. The van der Waals surface area contributed by atoms with E-state index in [4.69, 9.17) is 21.0 Å². The standard InChI is InChI=1S/C14H13BrN2O2/c15-13-7-11(5-6-12(13)14(16)17)19-10-3-1-9(8-18)2-4-10/h1-7,18H,8H2,(H3,16,17). The maximum absolute atomic E-state index is 8.96. The molecule has 0 atom stereocenters. The van der Waals surface area contributed by atoms with Gasteiger partial charge in [0.1, 0.15) is 17.3 Å². The second kappa shape index (κ2) is 5.86. The number of hydrogen-bond donors (Lipinski definition) is 3. The number of halogens is 1. The molecule has 98 valence electrons. The predicted molar refractivity (Wildman–Crippen MR) is 77.6 cm³/mol. The summed E-state index contributed by atoms with van der Waals surface area (Å²) in [6, 6.07) is 12.4. The van der Waals surface area contributed by atoms with Crippen molar-refractivity contribution < 1.29 is 9.84 Å². The van der Waals surface area contributed by atoms with Crippen molar-refractivity contribution in [2.45, 2.75) is 6.61 Å². The van der Waals surface area contributed by atoms with Crippen molar-refractivity contribution in [3.8, 4) is 11.5 Å². The van der Waals surface area contributed by atoms with E-state index in [1.807, 2.05) is 0 Å². The Kier molecular flexibility index (Phi) is 4.19. The highest BCUT2D eigenvalue weighted by Gasteiger charge is 2.05. The summed E-state index contributed by atoms with van der Waals surface area (Å²) in [5.74, 6) is 1.33. The lowest BCUT2D eigenvalue weighted by atomic mass is 10.2. The number of benzene rings is 2. The van der Waals surface area contributed by atoms with Crippen LogP contribution in [0.1, 0.15) is 11.1 Å². The van der Waals surface area contributed by atoms with Gasteiger partial charge in [-0.2, -0.15) is 0 Å². The van der Waals surface area contributed by atoms with E-state index in [1.54, 1.807) is 42.5 Å². The lowest BCUT2D eigenvalue weighted by Crippen LogP contribution is -2.11. The fourth-order valence-electron chi connectivity index (χ4n) is 1.58.